The average molecular weight is 336 g/mol. The fourth-order valence-corrected chi connectivity index (χ4v) is 3.02. The molecule has 0 bridgehead atoms. The van der Waals surface area contributed by atoms with Gasteiger partial charge < -0.3 is 9.30 Å². The predicted octanol–water partition coefficient (Wildman–Crippen LogP) is 3.39. The number of aryl methyl sites for hydroxylation is 3. The van der Waals surface area contributed by atoms with Gasteiger partial charge >= 0.3 is 5.97 Å². The van der Waals surface area contributed by atoms with Crippen LogP contribution in [-0.4, -0.2) is 22.1 Å². The quantitative estimate of drug-likeness (QED) is 0.688. The average Bonchev–Trinajstić information content (AvgIpc) is 2.57. The van der Waals surface area contributed by atoms with E-state index in [1.54, 1.807) is 17.6 Å². The third kappa shape index (κ3) is 3.18. The molecule has 0 atom stereocenters. The van der Waals surface area contributed by atoms with Crippen LogP contribution in [0.25, 0.3) is 22.0 Å². The molecule has 2 aromatic heterocycles. The van der Waals surface area contributed by atoms with Gasteiger partial charge in [-0.3, -0.25) is 9.78 Å². The highest BCUT2D eigenvalue weighted by molar-refractivity contribution is 5.94. The molecule has 0 unspecified atom stereocenters. The first-order valence-electron chi connectivity index (χ1n) is 8.17. The van der Waals surface area contributed by atoms with Crippen molar-refractivity contribution >= 4 is 16.9 Å². The van der Waals surface area contributed by atoms with E-state index in [2.05, 4.69) is 4.98 Å². The highest BCUT2D eigenvalue weighted by atomic mass is 16.5. The van der Waals surface area contributed by atoms with Crippen LogP contribution in [0.4, 0.5) is 0 Å². The van der Waals surface area contributed by atoms with Crippen LogP contribution in [0.2, 0.25) is 0 Å². The van der Waals surface area contributed by atoms with Gasteiger partial charge in [0.15, 0.2) is 0 Å². The standard InChI is InChI=1S/C20H20N2O3/c1-5-25-20(24)17-11-22(4)18-10-14(6-7-16(18)19(17)23)15-8-12(2)21-13(3)9-15/h6-11H,5H2,1-4H3. The Balaban J connectivity index is 2.19. The second kappa shape index (κ2) is 6.51. The van der Waals surface area contributed by atoms with Crippen molar-refractivity contribution in [2.45, 2.75) is 20.8 Å². The number of aromatic nitrogens is 2. The van der Waals surface area contributed by atoms with Crippen molar-refractivity contribution in [1.29, 1.82) is 0 Å². The van der Waals surface area contributed by atoms with E-state index in [0.717, 1.165) is 28.0 Å². The zero-order chi connectivity index (χ0) is 18.1. The van der Waals surface area contributed by atoms with Crippen molar-refractivity contribution in [3.05, 3.63) is 63.7 Å². The lowest BCUT2D eigenvalue weighted by atomic mass is 10.0. The molecule has 3 rings (SSSR count). The topological polar surface area (TPSA) is 61.2 Å². The third-order valence-corrected chi connectivity index (χ3v) is 4.10. The first-order chi connectivity index (χ1) is 11.9. The molecule has 5 heteroatoms. The molecule has 0 aliphatic carbocycles. The second-order valence-corrected chi connectivity index (χ2v) is 6.07. The summed E-state index contributed by atoms with van der Waals surface area (Å²) in [6.07, 6.45) is 1.54. The maximum Gasteiger partial charge on any atom is 0.343 e. The molecule has 25 heavy (non-hydrogen) atoms. The number of hydrogen-bond donors (Lipinski definition) is 0. The summed E-state index contributed by atoms with van der Waals surface area (Å²) in [6, 6.07) is 9.64. The van der Waals surface area contributed by atoms with Gasteiger partial charge in [0.2, 0.25) is 5.43 Å². The summed E-state index contributed by atoms with van der Waals surface area (Å²) in [5.74, 6) is -0.588. The molecule has 0 fully saturated rings. The van der Waals surface area contributed by atoms with Gasteiger partial charge in [-0.05, 0) is 56.2 Å². The summed E-state index contributed by atoms with van der Waals surface area (Å²) in [4.78, 5) is 29.0. The van der Waals surface area contributed by atoms with E-state index in [4.69, 9.17) is 4.74 Å². The highest BCUT2D eigenvalue weighted by Crippen LogP contribution is 2.24. The van der Waals surface area contributed by atoms with Crippen molar-refractivity contribution in [3.8, 4) is 11.1 Å². The van der Waals surface area contributed by atoms with Gasteiger partial charge in [-0.15, -0.1) is 0 Å². The minimum absolute atomic E-state index is 0.0557. The van der Waals surface area contributed by atoms with E-state index in [1.807, 2.05) is 45.2 Å². The number of benzene rings is 1. The summed E-state index contributed by atoms with van der Waals surface area (Å²) in [6.45, 7) is 5.87. The van der Waals surface area contributed by atoms with Crippen molar-refractivity contribution < 1.29 is 9.53 Å². The van der Waals surface area contributed by atoms with Gasteiger partial charge in [-0.25, -0.2) is 4.79 Å². The summed E-state index contributed by atoms with van der Waals surface area (Å²) >= 11 is 0. The number of esters is 1. The summed E-state index contributed by atoms with van der Waals surface area (Å²) in [5.41, 5.74) is 4.46. The van der Waals surface area contributed by atoms with Crippen LogP contribution < -0.4 is 5.43 Å². The maximum absolute atomic E-state index is 12.6. The van der Waals surface area contributed by atoms with Crippen LogP contribution in [0, 0.1) is 13.8 Å². The predicted molar refractivity (Wildman–Crippen MR) is 97.9 cm³/mol. The van der Waals surface area contributed by atoms with Gasteiger partial charge in [0.1, 0.15) is 5.56 Å². The fourth-order valence-electron chi connectivity index (χ4n) is 3.02. The molecule has 5 nitrogen and oxygen atoms in total. The van der Waals surface area contributed by atoms with Crippen molar-refractivity contribution in [1.82, 2.24) is 9.55 Å². The molecule has 2 heterocycles. The third-order valence-electron chi connectivity index (χ3n) is 4.10. The number of hydrogen-bond acceptors (Lipinski definition) is 4. The molecule has 0 saturated carbocycles. The largest absolute Gasteiger partial charge is 0.462 e. The van der Waals surface area contributed by atoms with E-state index < -0.39 is 5.97 Å². The number of nitrogens with zero attached hydrogens (tertiary/aromatic N) is 2. The molecule has 0 aliphatic rings. The van der Waals surface area contributed by atoms with Crippen molar-refractivity contribution in [2.75, 3.05) is 6.61 Å². The number of rotatable bonds is 3. The molecule has 0 aliphatic heterocycles. The van der Waals surface area contributed by atoms with Crippen LogP contribution >= 0.6 is 0 Å². The lowest BCUT2D eigenvalue weighted by molar-refractivity contribution is 0.0524. The number of ether oxygens (including phenoxy) is 1. The zero-order valence-corrected chi connectivity index (χ0v) is 14.8. The summed E-state index contributed by atoms with van der Waals surface area (Å²) < 4.78 is 6.76. The molecule has 0 amide bonds. The van der Waals surface area contributed by atoms with Crippen molar-refractivity contribution in [2.24, 2.45) is 7.05 Å². The molecule has 3 aromatic rings. The minimum atomic E-state index is -0.588. The number of pyridine rings is 2. The van der Waals surface area contributed by atoms with E-state index >= 15 is 0 Å². The first kappa shape index (κ1) is 16.9. The monoisotopic (exact) mass is 336 g/mol. The van der Waals surface area contributed by atoms with E-state index in [0.29, 0.717) is 5.39 Å². The van der Waals surface area contributed by atoms with E-state index in [1.165, 1.54) is 6.20 Å². The smallest absolute Gasteiger partial charge is 0.343 e. The van der Waals surface area contributed by atoms with Gasteiger partial charge in [0.05, 0.1) is 12.1 Å². The van der Waals surface area contributed by atoms with Crippen LogP contribution in [0.5, 0.6) is 0 Å². The molecule has 0 saturated heterocycles. The van der Waals surface area contributed by atoms with E-state index in [9.17, 15) is 9.59 Å². The van der Waals surface area contributed by atoms with Crippen LogP contribution in [0.15, 0.2) is 41.3 Å². The number of carbonyl (C=O) groups excluding carboxylic acids is 1. The summed E-state index contributed by atoms with van der Waals surface area (Å²) in [5, 5.41) is 0.499. The molecule has 0 spiro atoms. The Kier molecular flexibility index (Phi) is 4.40. The van der Waals surface area contributed by atoms with Crippen molar-refractivity contribution in [3.63, 3.8) is 0 Å². The molecule has 0 radical (unpaired) electrons. The fraction of sp³-hybridized carbons (Fsp3) is 0.250. The second-order valence-electron chi connectivity index (χ2n) is 6.07. The Morgan fingerprint density at radius 1 is 1.12 bits per heavy atom. The van der Waals surface area contributed by atoms with Crippen LogP contribution in [0.1, 0.15) is 28.7 Å². The maximum atomic E-state index is 12.6. The van der Waals surface area contributed by atoms with Gasteiger partial charge in [0.25, 0.3) is 0 Å². The molecule has 1 aromatic carbocycles. The normalized spacial score (nSPS) is 10.9. The first-order valence-corrected chi connectivity index (χ1v) is 8.17. The summed E-state index contributed by atoms with van der Waals surface area (Å²) in [7, 11) is 1.82. The molecule has 128 valence electrons. The highest BCUT2D eigenvalue weighted by Gasteiger charge is 2.16. The van der Waals surface area contributed by atoms with Gasteiger partial charge in [-0.2, -0.15) is 0 Å². The molecular formula is C20H20N2O3. The van der Waals surface area contributed by atoms with E-state index in [-0.39, 0.29) is 17.6 Å². The number of fused-ring (bicyclic) bond motifs is 1. The Bertz CT molecular complexity index is 1010. The Morgan fingerprint density at radius 2 is 1.80 bits per heavy atom. The zero-order valence-electron chi connectivity index (χ0n) is 14.8. The Morgan fingerprint density at radius 3 is 2.44 bits per heavy atom. The van der Waals surface area contributed by atoms with Crippen LogP contribution in [-0.2, 0) is 11.8 Å². The SMILES string of the molecule is CCOC(=O)c1cn(C)c2cc(-c3cc(C)nc(C)c3)ccc2c1=O. The Labute approximate surface area is 145 Å². The minimum Gasteiger partial charge on any atom is -0.462 e. The van der Waals surface area contributed by atoms with Gasteiger partial charge in [0, 0.05) is 30.0 Å². The van der Waals surface area contributed by atoms with Gasteiger partial charge in [-0.1, -0.05) is 6.07 Å². The Hall–Kier alpha value is -2.95. The lowest BCUT2D eigenvalue weighted by Gasteiger charge is -2.11. The lowest BCUT2D eigenvalue weighted by Crippen LogP contribution is -2.20. The molecular weight excluding hydrogens is 316 g/mol. The van der Waals surface area contributed by atoms with Crippen LogP contribution in [0.3, 0.4) is 0 Å². The molecule has 0 N–H and O–H groups in total. The number of carbonyl (C=O) groups is 1.